The predicted molar refractivity (Wildman–Crippen MR) is 61.3 cm³/mol. The van der Waals surface area contributed by atoms with Gasteiger partial charge in [-0.1, -0.05) is 0 Å². The first-order valence-corrected chi connectivity index (χ1v) is 4.92. The van der Waals surface area contributed by atoms with Crippen LogP contribution in [0.4, 0.5) is 0 Å². The minimum absolute atomic E-state index is 0.215. The first-order chi connectivity index (χ1) is 5.94. The Morgan fingerprint density at radius 3 is 0.857 bits per heavy atom. The van der Waals surface area contributed by atoms with Gasteiger partial charge in [-0.3, -0.25) is 0 Å². The van der Waals surface area contributed by atoms with Crippen molar-refractivity contribution in [3.05, 3.63) is 0 Å². The molecule has 0 aromatic heterocycles. The summed E-state index contributed by atoms with van der Waals surface area (Å²) in [6.07, 6.45) is 0. The first kappa shape index (κ1) is 16.3. The molecule has 0 radical (unpaired) electrons. The van der Waals surface area contributed by atoms with Gasteiger partial charge in [0.25, 0.3) is 0 Å². The van der Waals surface area contributed by atoms with E-state index in [4.69, 9.17) is 9.78 Å². The summed E-state index contributed by atoms with van der Waals surface area (Å²) >= 11 is 0. The van der Waals surface area contributed by atoms with Crippen molar-refractivity contribution >= 4 is 0 Å². The third-order valence-corrected chi connectivity index (χ3v) is 0.542. The number of rotatable bonds is 1. The lowest BCUT2D eigenvalue weighted by Crippen LogP contribution is -2.27. The van der Waals surface area contributed by atoms with Crippen molar-refractivity contribution < 1.29 is 9.78 Å². The average molecular weight is 205 g/mol. The van der Waals surface area contributed by atoms with Crippen molar-refractivity contribution in [3.63, 3.8) is 0 Å². The summed E-state index contributed by atoms with van der Waals surface area (Å²) in [5.41, 5.74) is -0.430. The van der Waals surface area contributed by atoms with Crippen LogP contribution in [0.2, 0.25) is 0 Å². The van der Waals surface area contributed by atoms with Gasteiger partial charge in [0.2, 0.25) is 0 Å². The van der Waals surface area contributed by atoms with E-state index in [-0.39, 0.29) is 11.2 Å². The molecule has 0 heterocycles. The number of hydrogen-bond acceptors (Lipinski definition) is 3. The van der Waals surface area contributed by atoms with Crippen LogP contribution >= 0.6 is 0 Å². The van der Waals surface area contributed by atoms with Crippen LogP contribution < -0.4 is 0 Å². The summed E-state index contributed by atoms with van der Waals surface area (Å²) < 4.78 is 0. The van der Waals surface area contributed by atoms with Gasteiger partial charge in [0.1, 0.15) is 0 Å². The minimum atomic E-state index is -0.215. The molecule has 0 aliphatic rings. The number of hydrogen-bond donors (Lipinski definition) is 0. The second-order valence-electron chi connectivity index (χ2n) is 5.73. The third kappa shape index (κ3) is 29.7. The quantitative estimate of drug-likeness (QED) is 0.485. The molecule has 0 aliphatic carbocycles. The molecule has 14 heavy (non-hydrogen) atoms. The maximum absolute atomic E-state index is 5.09. The van der Waals surface area contributed by atoms with Crippen LogP contribution in [0.5, 0.6) is 0 Å². The Bertz CT molecular complexity index is 114. The fraction of sp³-hybridized carbons (Fsp3) is 1.00. The van der Waals surface area contributed by atoms with E-state index in [9.17, 15) is 0 Å². The van der Waals surface area contributed by atoms with Gasteiger partial charge < -0.3 is 4.90 Å². The first-order valence-electron chi connectivity index (χ1n) is 4.92. The molecule has 0 amide bonds. The molecule has 0 saturated carbocycles. The molecule has 0 spiro atoms. The van der Waals surface area contributed by atoms with Crippen molar-refractivity contribution in [2.75, 3.05) is 21.1 Å². The van der Waals surface area contributed by atoms with E-state index >= 15 is 0 Å². The molecule has 3 heteroatoms. The molecular weight excluding hydrogens is 178 g/mol. The maximum atomic E-state index is 5.09. The Hall–Kier alpha value is -0.120. The monoisotopic (exact) mass is 205 g/mol. The molecule has 0 aliphatic heterocycles. The molecule has 0 N–H and O–H groups in total. The van der Waals surface area contributed by atoms with Gasteiger partial charge >= 0.3 is 0 Å². The summed E-state index contributed by atoms with van der Waals surface area (Å²) in [5.74, 6) is 0. The van der Waals surface area contributed by atoms with Crippen LogP contribution in [0, 0.1) is 0 Å². The van der Waals surface area contributed by atoms with Crippen molar-refractivity contribution in [2.45, 2.75) is 52.7 Å². The highest BCUT2D eigenvalue weighted by molar-refractivity contribution is 4.58. The number of nitrogens with zero attached hydrogens (tertiary/aromatic N) is 1. The summed E-state index contributed by atoms with van der Waals surface area (Å²) in [5, 5.41) is 0. The highest BCUT2D eigenvalue weighted by Crippen LogP contribution is 2.14. The van der Waals surface area contributed by atoms with Crippen LogP contribution in [0.25, 0.3) is 0 Å². The van der Waals surface area contributed by atoms with E-state index in [1.165, 1.54) is 0 Å². The average Bonchev–Trinajstić information content (AvgIpc) is 1.79. The highest BCUT2D eigenvalue weighted by Gasteiger charge is 2.18. The molecule has 0 saturated heterocycles. The lowest BCUT2D eigenvalue weighted by Gasteiger charge is -2.24. The Morgan fingerprint density at radius 2 is 0.786 bits per heavy atom. The van der Waals surface area contributed by atoms with Crippen molar-refractivity contribution in [1.29, 1.82) is 0 Å². The van der Waals surface area contributed by atoms with Crippen molar-refractivity contribution in [2.24, 2.45) is 0 Å². The topological polar surface area (TPSA) is 21.7 Å². The third-order valence-electron chi connectivity index (χ3n) is 0.542. The van der Waals surface area contributed by atoms with E-state index in [1.54, 1.807) is 0 Å². The molecular formula is C11H27NO2. The van der Waals surface area contributed by atoms with E-state index in [0.29, 0.717) is 0 Å². The second-order valence-corrected chi connectivity index (χ2v) is 5.73. The predicted octanol–water partition coefficient (Wildman–Crippen LogP) is 2.71. The van der Waals surface area contributed by atoms with Gasteiger partial charge in [-0.15, -0.1) is 0 Å². The van der Waals surface area contributed by atoms with Crippen molar-refractivity contribution in [1.82, 2.24) is 4.90 Å². The molecule has 0 aromatic carbocycles. The standard InChI is InChI=1S/C8H18O2.C3H9N/c1-7(2,3)9-10-8(4,5)6;1-4(2)3/h1-6H3;1-3H3. The molecule has 0 rings (SSSR count). The SMILES string of the molecule is CC(C)(C)OOC(C)(C)C.CN(C)C. The molecule has 0 bridgehead atoms. The van der Waals surface area contributed by atoms with Gasteiger partial charge in [0, 0.05) is 0 Å². The Balaban J connectivity index is 0. The molecule has 0 fully saturated rings. The van der Waals surface area contributed by atoms with Gasteiger partial charge in [0.15, 0.2) is 0 Å². The van der Waals surface area contributed by atoms with E-state index in [1.807, 2.05) is 67.6 Å². The van der Waals surface area contributed by atoms with Crippen molar-refractivity contribution in [3.8, 4) is 0 Å². The molecule has 0 aromatic rings. The Morgan fingerprint density at radius 1 is 0.643 bits per heavy atom. The molecule has 88 valence electrons. The zero-order chi connectivity index (χ0) is 12.0. The van der Waals surface area contributed by atoms with Crippen LogP contribution in [0.3, 0.4) is 0 Å². The van der Waals surface area contributed by atoms with Crippen LogP contribution in [-0.2, 0) is 9.78 Å². The zero-order valence-electron chi connectivity index (χ0n) is 11.3. The molecule has 0 atom stereocenters. The summed E-state index contributed by atoms with van der Waals surface area (Å²) in [4.78, 5) is 12.2. The van der Waals surface area contributed by atoms with Crippen LogP contribution in [0.15, 0.2) is 0 Å². The largest absolute Gasteiger partial charge is 0.312 e. The minimum Gasteiger partial charge on any atom is -0.312 e. The molecule has 0 unspecified atom stereocenters. The Labute approximate surface area is 89.3 Å². The zero-order valence-corrected chi connectivity index (χ0v) is 11.3. The normalized spacial score (nSPS) is 12.4. The fourth-order valence-electron chi connectivity index (χ4n) is 0.250. The van der Waals surface area contributed by atoms with Gasteiger partial charge in [-0.05, 0) is 62.7 Å². The van der Waals surface area contributed by atoms with E-state index in [0.717, 1.165) is 0 Å². The lowest BCUT2D eigenvalue weighted by molar-refractivity contribution is -0.393. The maximum Gasteiger partial charge on any atom is 0.0952 e. The second kappa shape index (κ2) is 6.38. The lowest BCUT2D eigenvalue weighted by atomic mass is 10.2. The summed E-state index contributed by atoms with van der Waals surface area (Å²) in [6, 6.07) is 0. The fourth-order valence-corrected chi connectivity index (χ4v) is 0.250. The van der Waals surface area contributed by atoms with E-state index < -0.39 is 0 Å². The smallest absolute Gasteiger partial charge is 0.0952 e. The molecule has 3 nitrogen and oxygen atoms in total. The Kier molecular flexibility index (Phi) is 7.43. The van der Waals surface area contributed by atoms with Crippen LogP contribution in [0.1, 0.15) is 41.5 Å². The summed E-state index contributed by atoms with van der Waals surface area (Å²) in [6.45, 7) is 11.7. The van der Waals surface area contributed by atoms with Crippen LogP contribution in [-0.4, -0.2) is 37.2 Å². The van der Waals surface area contributed by atoms with Gasteiger partial charge in [-0.25, -0.2) is 9.78 Å². The van der Waals surface area contributed by atoms with E-state index in [2.05, 4.69) is 0 Å². The van der Waals surface area contributed by atoms with Gasteiger partial charge in [-0.2, -0.15) is 0 Å². The highest BCUT2D eigenvalue weighted by atomic mass is 17.2. The summed E-state index contributed by atoms with van der Waals surface area (Å²) in [7, 11) is 6.00. The van der Waals surface area contributed by atoms with Gasteiger partial charge in [0.05, 0.1) is 11.2 Å².